The van der Waals surface area contributed by atoms with E-state index in [2.05, 4.69) is 40.3 Å². The van der Waals surface area contributed by atoms with E-state index in [-0.39, 0.29) is 25.7 Å². The van der Waals surface area contributed by atoms with Gasteiger partial charge in [0.15, 0.2) is 6.10 Å². The molecule has 0 aliphatic carbocycles. The molecule has 0 saturated carbocycles. The summed E-state index contributed by atoms with van der Waals surface area (Å²) in [6.45, 7) is 1.11. The van der Waals surface area contributed by atoms with E-state index in [4.69, 9.17) is 23.8 Å². The summed E-state index contributed by atoms with van der Waals surface area (Å²) < 4.78 is 47.5. The summed E-state index contributed by atoms with van der Waals surface area (Å²) in [7, 11) is -9.82. The monoisotopic (exact) mass is 920 g/mol. The normalized spacial score (nSPS) is 16.3. The second-order valence-corrected chi connectivity index (χ2v) is 17.2. The van der Waals surface area contributed by atoms with Crippen LogP contribution in [0.1, 0.15) is 123 Å². The Kier molecular flexibility index (Phi) is 36.9. The third-order valence-corrected chi connectivity index (χ3v) is 10.1. The number of phosphoric ester groups is 2. The van der Waals surface area contributed by atoms with E-state index >= 15 is 0 Å². The van der Waals surface area contributed by atoms with Crippen molar-refractivity contribution in [3.63, 3.8) is 0 Å². The molecule has 6 atom stereocenters. The minimum Gasteiger partial charge on any atom is -0.462 e. The molecular formula is C44H74O16P2. The molecule has 18 heteroatoms. The molecular weight excluding hydrogens is 846 g/mol. The molecule has 0 heterocycles. The van der Waals surface area contributed by atoms with Crippen LogP contribution in [0.25, 0.3) is 0 Å². The van der Waals surface area contributed by atoms with Crippen molar-refractivity contribution in [3.8, 4) is 0 Å². The van der Waals surface area contributed by atoms with Crippen LogP contribution in [0.4, 0.5) is 0 Å². The van der Waals surface area contributed by atoms with Crippen molar-refractivity contribution >= 4 is 27.6 Å². The summed E-state index contributed by atoms with van der Waals surface area (Å²) in [5.74, 6) is -1.39. The van der Waals surface area contributed by atoms with E-state index < -0.39 is 84.5 Å². The number of allylic oxidation sites excluding steroid dienone is 11. The van der Waals surface area contributed by atoms with Crippen LogP contribution in [0.2, 0.25) is 0 Å². The molecule has 0 radical (unpaired) electrons. The Bertz CT molecular complexity index is 1470. The first-order valence-electron chi connectivity index (χ1n) is 21.6. The summed E-state index contributed by atoms with van der Waals surface area (Å²) in [4.78, 5) is 52.7. The van der Waals surface area contributed by atoms with Gasteiger partial charge in [-0.05, 0) is 57.8 Å². The summed E-state index contributed by atoms with van der Waals surface area (Å²) in [5.41, 5.74) is 0. The lowest BCUT2D eigenvalue weighted by Crippen LogP contribution is -2.30. The van der Waals surface area contributed by atoms with Gasteiger partial charge >= 0.3 is 27.6 Å². The number of rotatable bonds is 39. The quantitative estimate of drug-likeness (QED) is 0.0103. The van der Waals surface area contributed by atoms with Crippen LogP contribution in [0.5, 0.6) is 0 Å². The van der Waals surface area contributed by atoms with E-state index in [0.717, 1.165) is 44.9 Å². The van der Waals surface area contributed by atoms with Crippen molar-refractivity contribution in [3.05, 3.63) is 85.1 Å². The second-order valence-electron chi connectivity index (χ2n) is 14.5. The topological polar surface area (TPSA) is 256 Å². The van der Waals surface area contributed by atoms with Gasteiger partial charge in [-0.2, -0.15) is 0 Å². The fraction of sp³-hybridized carbons (Fsp3) is 0.636. The minimum absolute atomic E-state index is 0.0159. The molecule has 0 aliphatic heterocycles. The number of aliphatic hydroxyl groups is 4. The molecule has 0 aromatic rings. The molecule has 16 nitrogen and oxygen atoms in total. The molecule has 1 unspecified atom stereocenters. The Morgan fingerprint density at radius 2 is 1.15 bits per heavy atom. The summed E-state index contributed by atoms with van der Waals surface area (Å²) in [5, 5.41) is 40.2. The van der Waals surface area contributed by atoms with Crippen LogP contribution in [0.3, 0.4) is 0 Å². The number of ether oxygens (including phenoxy) is 2. The van der Waals surface area contributed by atoms with E-state index in [9.17, 15) is 44.0 Å². The molecule has 0 aromatic carbocycles. The zero-order valence-corrected chi connectivity index (χ0v) is 38.3. The number of esters is 2. The Labute approximate surface area is 368 Å². The Balaban J connectivity index is 4.90. The molecule has 7 N–H and O–H groups in total. The zero-order chi connectivity index (χ0) is 46.3. The van der Waals surface area contributed by atoms with Crippen molar-refractivity contribution < 1.29 is 76.9 Å². The highest BCUT2D eigenvalue weighted by molar-refractivity contribution is 7.47. The van der Waals surface area contributed by atoms with E-state index in [1.807, 2.05) is 19.1 Å². The molecule has 0 fully saturated rings. The fourth-order valence-corrected chi connectivity index (χ4v) is 6.36. The van der Waals surface area contributed by atoms with Crippen molar-refractivity contribution in [2.24, 2.45) is 0 Å². The minimum atomic E-state index is -4.91. The number of unbranched alkanes of at least 4 members (excludes halogenated alkanes) is 9. The molecule has 356 valence electrons. The van der Waals surface area contributed by atoms with Crippen LogP contribution >= 0.6 is 15.6 Å². The molecule has 0 bridgehead atoms. The van der Waals surface area contributed by atoms with Gasteiger partial charge in [-0.3, -0.25) is 23.2 Å². The van der Waals surface area contributed by atoms with E-state index in [0.29, 0.717) is 12.8 Å². The van der Waals surface area contributed by atoms with Crippen molar-refractivity contribution in [2.75, 3.05) is 26.4 Å². The van der Waals surface area contributed by atoms with Crippen LogP contribution < -0.4 is 0 Å². The van der Waals surface area contributed by atoms with Gasteiger partial charge in [0.1, 0.15) is 12.7 Å². The lowest BCUT2D eigenvalue weighted by Gasteiger charge is -2.21. The Morgan fingerprint density at radius 3 is 1.79 bits per heavy atom. The van der Waals surface area contributed by atoms with Crippen LogP contribution in [0.15, 0.2) is 85.1 Å². The average Bonchev–Trinajstić information content (AvgIpc) is 3.22. The lowest BCUT2D eigenvalue weighted by atomic mass is 10.1. The first-order chi connectivity index (χ1) is 29.6. The number of hydrogen-bond acceptors (Lipinski definition) is 13. The molecule has 0 spiro atoms. The maximum Gasteiger partial charge on any atom is 0.472 e. The molecule has 0 aromatic heterocycles. The maximum absolute atomic E-state index is 12.7. The lowest BCUT2D eigenvalue weighted by molar-refractivity contribution is -0.161. The Hall–Kier alpha value is -2.82. The van der Waals surface area contributed by atoms with E-state index in [1.165, 1.54) is 31.8 Å². The highest BCUT2D eigenvalue weighted by Gasteiger charge is 2.28. The van der Waals surface area contributed by atoms with Gasteiger partial charge < -0.3 is 44.6 Å². The number of carbonyl (C=O) groups excluding carboxylic acids is 2. The largest absolute Gasteiger partial charge is 0.472 e. The average molecular weight is 921 g/mol. The second kappa shape index (κ2) is 38.6. The zero-order valence-electron chi connectivity index (χ0n) is 36.5. The van der Waals surface area contributed by atoms with Gasteiger partial charge in [0.05, 0.1) is 38.1 Å². The summed E-state index contributed by atoms with van der Waals surface area (Å²) in [6.07, 6.45) is 32.3. The van der Waals surface area contributed by atoms with Gasteiger partial charge in [0.2, 0.25) is 0 Å². The van der Waals surface area contributed by atoms with Gasteiger partial charge in [0.25, 0.3) is 0 Å². The number of phosphoric acid groups is 2. The molecule has 0 saturated heterocycles. The fourth-order valence-electron chi connectivity index (χ4n) is 5.21. The van der Waals surface area contributed by atoms with Crippen LogP contribution in [-0.4, -0.2) is 104 Å². The summed E-state index contributed by atoms with van der Waals surface area (Å²) >= 11 is 0. The number of carbonyl (C=O) groups is 2. The van der Waals surface area contributed by atoms with Crippen molar-refractivity contribution in [2.45, 2.75) is 154 Å². The van der Waals surface area contributed by atoms with E-state index in [1.54, 1.807) is 42.5 Å². The predicted octanol–water partition coefficient (Wildman–Crippen LogP) is 7.69. The van der Waals surface area contributed by atoms with Gasteiger partial charge in [-0.1, -0.05) is 137 Å². The summed E-state index contributed by atoms with van der Waals surface area (Å²) in [6, 6.07) is 0. The smallest absolute Gasteiger partial charge is 0.462 e. The SMILES string of the molecule is CC/C=C\C[C@H](O)/C=C/C=C/C=C\C=C/[C@@H](O)[C@H](O)CCCC(=O)O[C@H](COC(=O)CCCCCCC/C=C\C=C/CCCCCC)COP(=O)(O)OC[C@@H](O)COP(=O)(O)O. The van der Waals surface area contributed by atoms with Crippen molar-refractivity contribution in [1.82, 2.24) is 0 Å². The van der Waals surface area contributed by atoms with Gasteiger partial charge in [0, 0.05) is 12.8 Å². The first-order valence-corrected chi connectivity index (χ1v) is 24.6. The maximum atomic E-state index is 12.7. The van der Waals surface area contributed by atoms with Crippen LogP contribution in [-0.2, 0) is 41.8 Å². The third kappa shape index (κ3) is 40.0. The molecule has 0 aliphatic rings. The highest BCUT2D eigenvalue weighted by atomic mass is 31.2. The van der Waals surface area contributed by atoms with Crippen LogP contribution in [0, 0.1) is 0 Å². The Morgan fingerprint density at radius 1 is 0.581 bits per heavy atom. The van der Waals surface area contributed by atoms with Crippen molar-refractivity contribution in [1.29, 1.82) is 0 Å². The standard InChI is InChI=1S/C44H74O16P2/c1-3-5-7-8-9-10-11-12-13-14-15-16-17-22-26-32-43(49)56-36-40(37-59-62(54,55)58-35-39(46)34-57-61(51,52)53)60-44(50)33-27-31-42(48)41(47)30-25-21-19-18-20-24-29-38(45)28-23-6-4-2/h6,10-13,18-21,23-25,29-30,38-42,45-48H,3-5,7-9,14-17,22,26-28,31-37H2,1-2H3,(H,54,55)(H2,51,52,53)/b11-10-,13-12-,20-18+,21-19-,23-6-,29-24+,30-25-/t38-,39-,40+,41+,42+/m0/s1. The highest BCUT2D eigenvalue weighted by Crippen LogP contribution is 2.43. The molecule has 0 rings (SSSR count). The first kappa shape index (κ1) is 59.2. The number of hydrogen-bond donors (Lipinski definition) is 7. The predicted molar refractivity (Wildman–Crippen MR) is 238 cm³/mol. The molecule has 0 amide bonds. The van der Waals surface area contributed by atoms with Gasteiger partial charge in [-0.15, -0.1) is 0 Å². The molecule has 62 heavy (non-hydrogen) atoms. The number of aliphatic hydroxyl groups excluding tert-OH is 4. The van der Waals surface area contributed by atoms with Gasteiger partial charge in [-0.25, -0.2) is 9.13 Å². The third-order valence-electron chi connectivity index (χ3n) is 8.63.